The van der Waals surface area contributed by atoms with E-state index in [1.165, 1.54) is 4.31 Å². The Hall–Kier alpha value is -0.620. The fourth-order valence-electron chi connectivity index (χ4n) is 1.87. The van der Waals surface area contributed by atoms with E-state index in [-0.39, 0.29) is 18.2 Å². The van der Waals surface area contributed by atoms with Gasteiger partial charge in [-0.05, 0) is 12.8 Å². The number of sulfonamides is 1. The van der Waals surface area contributed by atoms with Crippen LogP contribution in [0, 0.1) is 0 Å². The van der Waals surface area contributed by atoms with Gasteiger partial charge in [0.05, 0.1) is 5.75 Å². The lowest BCUT2D eigenvalue weighted by molar-refractivity contribution is -0.123. The molecule has 2 fully saturated rings. The average molecular weight is 204 g/mol. The quantitative estimate of drug-likeness (QED) is 0.545. The van der Waals surface area contributed by atoms with Gasteiger partial charge in [-0.2, -0.15) is 4.31 Å². The summed E-state index contributed by atoms with van der Waals surface area (Å²) in [5, 5.41) is 2.61. The van der Waals surface area contributed by atoms with Crippen LogP contribution in [0.4, 0.5) is 0 Å². The third-order valence-electron chi connectivity index (χ3n) is 2.52. The average Bonchev–Trinajstić information content (AvgIpc) is 2.48. The van der Waals surface area contributed by atoms with Crippen molar-refractivity contribution in [1.82, 2.24) is 9.62 Å². The lowest BCUT2D eigenvalue weighted by atomic mass is 10.2. The molecule has 0 aromatic rings. The van der Waals surface area contributed by atoms with E-state index < -0.39 is 16.1 Å². The molecule has 0 aromatic carbocycles. The highest BCUT2D eigenvalue weighted by Gasteiger charge is 2.40. The van der Waals surface area contributed by atoms with Gasteiger partial charge in [-0.25, -0.2) is 8.42 Å². The van der Waals surface area contributed by atoms with Gasteiger partial charge in [0.2, 0.25) is 15.9 Å². The number of carbonyl (C=O) groups excluding carboxylic acids is 1. The first-order valence-electron chi connectivity index (χ1n) is 4.38. The van der Waals surface area contributed by atoms with Crippen molar-refractivity contribution in [3.8, 4) is 0 Å². The van der Waals surface area contributed by atoms with Gasteiger partial charge < -0.3 is 5.32 Å². The number of fused-ring (bicyclic) bond motifs is 1. The Balaban J connectivity index is 2.34. The molecule has 0 radical (unpaired) electrons. The van der Waals surface area contributed by atoms with Crippen molar-refractivity contribution in [3.63, 3.8) is 0 Å². The predicted octanol–water partition coefficient (Wildman–Crippen LogP) is -1.09. The maximum Gasteiger partial charge on any atom is 0.238 e. The van der Waals surface area contributed by atoms with Crippen LogP contribution in [-0.2, 0) is 14.8 Å². The molecule has 2 heterocycles. The molecule has 1 atom stereocenters. The molecule has 2 saturated heterocycles. The second-order valence-corrected chi connectivity index (χ2v) is 5.42. The molecule has 0 aromatic heterocycles. The molecule has 0 spiro atoms. The predicted molar refractivity (Wildman–Crippen MR) is 46.5 cm³/mol. The third-order valence-corrected chi connectivity index (χ3v) is 4.39. The van der Waals surface area contributed by atoms with Crippen LogP contribution >= 0.6 is 0 Å². The third kappa shape index (κ3) is 1.44. The summed E-state index contributed by atoms with van der Waals surface area (Å²) in [4.78, 5) is 11.4. The van der Waals surface area contributed by atoms with Crippen LogP contribution in [0.15, 0.2) is 0 Å². The summed E-state index contributed by atoms with van der Waals surface area (Å²) < 4.78 is 24.5. The molecule has 1 N–H and O–H groups in total. The number of hydrogen-bond donors (Lipinski definition) is 1. The first-order valence-corrected chi connectivity index (χ1v) is 5.99. The van der Waals surface area contributed by atoms with Gasteiger partial charge in [0.25, 0.3) is 0 Å². The fourth-order valence-corrected chi connectivity index (χ4v) is 3.46. The summed E-state index contributed by atoms with van der Waals surface area (Å²) in [7, 11) is -3.18. The van der Waals surface area contributed by atoms with E-state index in [2.05, 4.69) is 5.32 Å². The zero-order chi connectivity index (χ0) is 9.47. The van der Waals surface area contributed by atoms with Crippen LogP contribution in [-0.4, -0.2) is 43.5 Å². The molecule has 6 heteroatoms. The van der Waals surface area contributed by atoms with Crippen molar-refractivity contribution >= 4 is 15.9 Å². The number of rotatable bonds is 0. The van der Waals surface area contributed by atoms with Gasteiger partial charge in [-0.3, -0.25) is 4.79 Å². The van der Waals surface area contributed by atoms with E-state index in [4.69, 9.17) is 0 Å². The van der Waals surface area contributed by atoms with Crippen LogP contribution in [0.3, 0.4) is 0 Å². The Morgan fingerprint density at radius 3 is 3.00 bits per heavy atom. The first kappa shape index (κ1) is 8.96. The minimum atomic E-state index is -3.18. The van der Waals surface area contributed by atoms with E-state index in [1.807, 2.05) is 0 Å². The first-order chi connectivity index (χ1) is 6.11. The van der Waals surface area contributed by atoms with E-state index in [0.717, 1.165) is 6.42 Å². The smallest absolute Gasteiger partial charge is 0.238 e. The van der Waals surface area contributed by atoms with Gasteiger partial charge in [-0.1, -0.05) is 0 Å². The Kier molecular flexibility index (Phi) is 2.03. The molecule has 0 aliphatic carbocycles. The molecular weight excluding hydrogens is 192 g/mol. The van der Waals surface area contributed by atoms with Crippen molar-refractivity contribution in [2.24, 2.45) is 0 Å². The monoisotopic (exact) mass is 204 g/mol. The SMILES string of the molecule is O=C1NCCS(=O)(=O)N2CCCC12. The molecule has 74 valence electrons. The standard InChI is InChI=1S/C7H12N2O3S/c10-7-6-2-1-4-9(6)13(11,12)5-3-8-7/h6H,1-5H2,(H,8,10). The topological polar surface area (TPSA) is 66.5 Å². The minimum Gasteiger partial charge on any atom is -0.354 e. The van der Waals surface area contributed by atoms with E-state index in [9.17, 15) is 13.2 Å². The molecule has 5 nitrogen and oxygen atoms in total. The van der Waals surface area contributed by atoms with Crippen molar-refractivity contribution < 1.29 is 13.2 Å². The van der Waals surface area contributed by atoms with E-state index in [1.54, 1.807) is 0 Å². The molecule has 0 saturated carbocycles. The fraction of sp³-hybridized carbons (Fsp3) is 0.857. The van der Waals surface area contributed by atoms with Crippen LogP contribution < -0.4 is 5.32 Å². The summed E-state index contributed by atoms with van der Waals surface area (Å²) in [6.45, 7) is 0.745. The van der Waals surface area contributed by atoms with Gasteiger partial charge in [-0.15, -0.1) is 0 Å². The van der Waals surface area contributed by atoms with Gasteiger partial charge in [0.15, 0.2) is 0 Å². The molecule has 2 aliphatic heterocycles. The molecule has 1 amide bonds. The zero-order valence-electron chi connectivity index (χ0n) is 7.19. The molecule has 2 rings (SSSR count). The van der Waals surface area contributed by atoms with Crippen molar-refractivity contribution in [2.45, 2.75) is 18.9 Å². The van der Waals surface area contributed by atoms with Crippen molar-refractivity contribution in [3.05, 3.63) is 0 Å². The number of nitrogens with one attached hydrogen (secondary N) is 1. The minimum absolute atomic E-state index is 0.0369. The van der Waals surface area contributed by atoms with Crippen molar-refractivity contribution in [1.29, 1.82) is 0 Å². The summed E-state index contributed by atoms with van der Waals surface area (Å²) in [5.41, 5.74) is 0. The summed E-state index contributed by atoms with van der Waals surface area (Å²) in [5.74, 6) is -0.103. The zero-order valence-corrected chi connectivity index (χ0v) is 8.01. The van der Waals surface area contributed by atoms with E-state index >= 15 is 0 Å². The largest absolute Gasteiger partial charge is 0.354 e. The van der Waals surface area contributed by atoms with E-state index in [0.29, 0.717) is 13.0 Å². The van der Waals surface area contributed by atoms with Gasteiger partial charge in [0, 0.05) is 13.1 Å². The normalized spacial score (nSPS) is 33.5. The van der Waals surface area contributed by atoms with Crippen LogP contribution in [0.2, 0.25) is 0 Å². The second-order valence-electron chi connectivity index (χ2n) is 3.38. The Morgan fingerprint density at radius 2 is 2.23 bits per heavy atom. The van der Waals surface area contributed by atoms with Crippen LogP contribution in [0.1, 0.15) is 12.8 Å². The molecule has 13 heavy (non-hydrogen) atoms. The molecule has 0 bridgehead atoms. The lowest BCUT2D eigenvalue weighted by Gasteiger charge is -2.18. The van der Waals surface area contributed by atoms with Crippen LogP contribution in [0.5, 0.6) is 0 Å². The maximum atomic E-state index is 11.6. The van der Waals surface area contributed by atoms with Gasteiger partial charge >= 0.3 is 0 Å². The number of amides is 1. The number of nitrogens with zero attached hydrogens (tertiary/aromatic N) is 1. The summed E-state index contributed by atoms with van der Waals surface area (Å²) in [6, 6.07) is -0.438. The lowest BCUT2D eigenvalue weighted by Crippen LogP contribution is -2.41. The molecule has 2 aliphatic rings. The summed E-state index contributed by atoms with van der Waals surface area (Å²) in [6.07, 6.45) is 1.45. The summed E-state index contributed by atoms with van der Waals surface area (Å²) >= 11 is 0. The highest BCUT2D eigenvalue weighted by Crippen LogP contribution is 2.22. The van der Waals surface area contributed by atoms with Crippen LogP contribution in [0.25, 0.3) is 0 Å². The molecular formula is C7H12N2O3S. The number of carbonyl (C=O) groups is 1. The second kappa shape index (κ2) is 2.95. The highest BCUT2D eigenvalue weighted by molar-refractivity contribution is 7.89. The Bertz CT molecular complexity index is 325. The van der Waals surface area contributed by atoms with Crippen molar-refractivity contribution in [2.75, 3.05) is 18.8 Å². The maximum absolute atomic E-state index is 11.6. The Morgan fingerprint density at radius 1 is 1.46 bits per heavy atom. The Labute approximate surface area is 77.1 Å². The van der Waals surface area contributed by atoms with Gasteiger partial charge in [0.1, 0.15) is 6.04 Å². The highest BCUT2D eigenvalue weighted by atomic mass is 32.2. The number of hydrogen-bond acceptors (Lipinski definition) is 3. The molecule has 1 unspecified atom stereocenters.